The average molecular weight is 473 g/mol. The van der Waals surface area contributed by atoms with Crippen LogP contribution in [0.15, 0.2) is 85.0 Å². The van der Waals surface area contributed by atoms with E-state index in [9.17, 15) is 0 Å². The van der Waals surface area contributed by atoms with E-state index >= 15 is 0 Å². The van der Waals surface area contributed by atoms with Crippen molar-refractivity contribution in [2.45, 2.75) is 76.8 Å². The zero-order valence-electron chi connectivity index (χ0n) is 22.4. The average Bonchev–Trinajstić information content (AvgIpc) is 3.42. The molecule has 3 aromatic rings. The number of nitrogens with zero attached hydrogens (tertiary/aromatic N) is 2. The Morgan fingerprint density at radius 1 is 0.472 bits per heavy atom. The maximum atomic E-state index is 2.73. The van der Waals surface area contributed by atoms with Gasteiger partial charge in [0.05, 0.1) is 22.2 Å². The fourth-order valence-corrected chi connectivity index (χ4v) is 8.57. The highest BCUT2D eigenvalue weighted by Gasteiger charge is 2.63. The third-order valence-electron chi connectivity index (χ3n) is 10.1. The molecular formula is C34H36N2. The molecule has 0 aromatic heterocycles. The van der Waals surface area contributed by atoms with Crippen LogP contribution >= 0.6 is 0 Å². The summed E-state index contributed by atoms with van der Waals surface area (Å²) in [5.74, 6) is 0. The molecule has 0 N–H and O–H groups in total. The van der Waals surface area contributed by atoms with Crippen molar-refractivity contribution in [2.75, 3.05) is 0 Å². The van der Waals surface area contributed by atoms with Gasteiger partial charge in [0.2, 0.25) is 0 Å². The minimum absolute atomic E-state index is 0.100. The highest BCUT2D eigenvalue weighted by molar-refractivity contribution is 5.70. The van der Waals surface area contributed by atoms with Crippen LogP contribution in [0.25, 0.3) is 0 Å². The lowest BCUT2D eigenvalue weighted by Gasteiger charge is -2.38. The van der Waals surface area contributed by atoms with E-state index in [1.54, 1.807) is 22.3 Å². The van der Waals surface area contributed by atoms with Crippen molar-refractivity contribution in [3.05, 3.63) is 129 Å². The summed E-state index contributed by atoms with van der Waals surface area (Å²) in [5, 5.41) is 0. The number of fused-ring (bicyclic) bond motifs is 10. The van der Waals surface area contributed by atoms with Gasteiger partial charge in [0.15, 0.2) is 0 Å². The molecule has 4 bridgehead atoms. The predicted molar refractivity (Wildman–Crippen MR) is 148 cm³/mol. The molecule has 4 aliphatic heterocycles. The Morgan fingerprint density at radius 3 is 1.03 bits per heavy atom. The van der Waals surface area contributed by atoms with Crippen molar-refractivity contribution in [2.24, 2.45) is 0 Å². The largest absolute Gasteiger partial charge is 0.273 e. The van der Waals surface area contributed by atoms with Crippen LogP contribution in [0.4, 0.5) is 0 Å². The first-order chi connectivity index (χ1) is 17.1. The Morgan fingerprint density at radius 2 is 0.750 bits per heavy atom. The van der Waals surface area contributed by atoms with Gasteiger partial charge in [0.25, 0.3) is 0 Å². The quantitative estimate of drug-likeness (QED) is 0.367. The molecule has 0 radical (unpaired) electrons. The second-order valence-corrected chi connectivity index (χ2v) is 12.2. The highest BCUT2D eigenvalue weighted by atomic mass is 15.3. The summed E-state index contributed by atoms with van der Waals surface area (Å²) in [6, 6.07) is 21.9. The van der Waals surface area contributed by atoms with E-state index < -0.39 is 0 Å². The fraction of sp³-hybridized carbons (Fsp3) is 0.353. The molecule has 4 atom stereocenters. The van der Waals surface area contributed by atoms with Gasteiger partial charge in [-0.1, -0.05) is 85.0 Å². The topological polar surface area (TPSA) is 6.48 Å². The lowest BCUT2D eigenvalue weighted by atomic mass is 9.70. The van der Waals surface area contributed by atoms with E-state index in [1.807, 2.05) is 0 Å². The molecular weight excluding hydrogens is 436 g/mol. The number of hydrogen-bond donors (Lipinski definition) is 0. The maximum Gasteiger partial charge on any atom is 0.0637 e. The van der Waals surface area contributed by atoms with Crippen LogP contribution in [-0.2, 0) is 35.2 Å². The van der Waals surface area contributed by atoms with E-state index in [-0.39, 0.29) is 22.2 Å². The molecule has 4 aliphatic rings. The summed E-state index contributed by atoms with van der Waals surface area (Å²) in [5.41, 5.74) is 11.5. The monoisotopic (exact) mass is 472 g/mol. The second-order valence-electron chi connectivity index (χ2n) is 12.2. The summed E-state index contributed by atoms with van der Waals surface area (Å²) in [4.78, 5) is 5.47. The van der Waals surface area contributed by atoms with E-state index in [0.717, 1.165) is 13.1 Å². The lowest BCUT2D eigenvalue weighted by molar-refractivity contribution is 0.0857. The van der Waals surface area contributed by atoms with Crippen molar-refractivity contribution >= 4 is 0 Å². The van der Waals surface area contributed by atoms with Crippen molar-refractivity contribution in [1.29, 1.82) is 0 Å². The molecule has 4 heterocycles. The fourth-order valence-electron chi connectivity index (χ4n) is 8.57. The Kier molecular flexibility index (Phi) is 4.26. The molecule has 2 unspecified atom stereocenters. The normalized spacial score (nSPS) is 33.5. The van der Waals surface area contributed by atoms with Crippen molar-refractivity contribution in [1.82, 2.24) is 9.80 Å². The van der Waals surface area contributed by atoms with Crippen LogP contribution in [0.2, 0.25) is 0 Å². The molecule has 182 valence electrons. The molecule has 0 saturated heterocycles. The molecule has 0 aliphatic carbocycles. The summed E-state index contributed by atoms with van der Waals surface area (Å²) < 4.78 is 0. The number of benzene rings is 3. The SMILES string of the molecule is Cc1c2c(c(C)c3c1[C@]1(C)C=C[C@@]3(C)N1Cc1ccccc1)C1(C)C=CC2(C)N1Cc1ccccc1. The van der Waals surface area contributed by atoms with Gasteiger partial charge in [0, 0.05) is 13.1 Å². The third kappa shape index (κ3) is 2.45. The van der Waals surface area contributed by atoms with Crippen LogP contribution in [0.1, 0.15) is 72.2 Å². The molecule has 0 fully saturated rings. The smallest absolute Gasteiger partial charge is 0.0637 e. The first kappa shape index (κ1) is 22.3. The highest BCUT2D eigenvalue weighted by Crippen LogP contribution is 2.65. The van der Waals surface area contributed by atoms with Gasteiger partial charge in [-0.25, -0.2) is 0 Å². The van der Waals surface area contributed by atoms with Gasteiger partial charge in [0.1, 0.15) is 0 Å². The lowest BCUT2D eigenvalue weighted by Crippen LogP contribution is -2.42. The van der Waals surface area contributed by atoms with E-state index in [2.05, 4.69) is 136 Å². The van der Waals surface area contributed by atoms with Crippen LogP contribution in [0, 0.1) is 13.8 Å². The van der Waals surface area contributed by atoms with E-state index in [4.69, 9.17) is 0 Å². The Balaban J connectivity index is 1.41. The standard InChI is InChI=1S/C34H36N2/c1-23-27-29(33(5)19-17-31(27,3)35(33)21-25-13-9-7-10-14-25)24(2)30-28(23)32(4)18-20-34(30,6)36(32)22-26-15-11-8-12-16-26/h7-20H,21-22H2,1-6H3/t31-,32?,33+,34?. The second kappa shape index (κ2) is 6.88. The zero-order chi connectivity index (χ0) is 25.1. The summed E-state index contributed by atoms with van der Waals surface area (Å²) in [6.07, 6.45) is 9.91. The molecule has 0 spiro atoms. The zero-order valence-corrected chi connectivity index (χ0v) is 22.4. The summed E-state index contributed by atoms with van der Waals surface area (Å²) >= 11 is 0. The van der Waals surface area contributed by atoms with Gasteiger partial charge in [-0.3, -0.25) is 9.80 Å². The predicted octanol–water partition coefficient (Wildman–Crippen LogP) is 7.34. The first-order valence-corrected chi connectivity index (χ1v) is 13.4. The van der Waals surface area contributed by atoms with E-state index in [1.165, 1.54) is 22.3 Å². The molecule has 0 amide bonds. The Hall–Kier alpha value is -2.94. The molecule has 3 aromatic carbocycles. The minimum Gasteiger partial charge on any atom is -0.273 e. The van der Waals surface area contributed by atoms with Gasteiger partial charge >= 0.3 is 0 Å². The molecule has 2 heteroatoms. The first-order valence-electron chi connectivity index (χ1n) is 13.4. The van der Waals surface area contributed by atoms with Crippen molar-refractivity contribution in [3.63, 3.8) is 0 Å². The van der Waals surface area contributed by atoms with Crippen molar-refractivity contribution < 1.29 is 0 Å². The van der Waals surface area contributed by atoms with Gasteiger partial charge in [-0.2, -0.15) is 0 Å². The van der Waals surface area contributed by atoms with Crippen LogP contribution in [0.3, 0.4) is 0 Å². The molecule has 0 saturated carbocycles. The summed E-state index contributed by atoms with van der Waals surface area (Å²) in [6.45, 7) is 16.5. The van der Waals surface area contributed by atoms with Crippen LogP contribution in [-0.4, -0.2) is 9.80 Å². The molecule has 2 nitrogen and oxygen atoms in total. The number of rotatable bonds is 4. The maximum absolute atomic E-state index is 2.73. The molecule has 7 rings (SSSR count). The summed E-state index contributed by atoms with van der Waals surface area (Å²) in [7, 11) is 0. The number of hydrogen-bond acceptors (Lipinski definition) is 2. The van der Waals surface area contributed by atoms with Gasteiger partial charge < -0.3 is 0 Å². The Bertz CT molecular complexity index is 1290. The Labute approximate surface area is 216 Å². The van der Waals surface area contributed by atoms with Gasteiger partial charge in [-0.15, -0.1) is 0 Å². The van der Waals surface area contributed by atoms with Gasteiger partial charge in [-0.05, 0) is 86.1 Å². The van der Waals surface area contributed by atoms with E-state index in [0.29, 0.717) is 0 Å². The van der Waals surface area contributed by atoms with Crippen LogP contribution in [0.5, 0.6) is 0 Å². The molecule has 36 heavy (non-hydrogen) atoms. The minimum atomic E-state index is -0.100. The third-order valence-corrected chi connectivity index (χ3v) is 10.1. The van der Waals surface area contributed by atoms with Crippen molar-refractivity contribution in [3.8, 4) is 0 Å². The van der Waals surface area contributed by atoms with Crippen LogP contribution < -0.4 is 0 Å².